The fourth-order valence-electron chi connectivity index (χ4n) is 4.24. The van der Waals surface area contributed by atoms with E-state index < -0.39 is 5.97 Å². The summed E-state index contributed by atoms with van der Waals surface area (Å²) in [5, 5.41) is 10.6. The number of carboxylic acids is 1. The van der Waals surface area contributed by atoms with Crippen LogP contribution in [0.15, 0.2) is 78.4 Å². The predicted molar refractivity (Wildman–Crippen MR) is 130 cm³/mol. The Balaban J connectivity index is 1.65. The van der Waals surface area contributed by atoms with Crippen LogP contribution in [0.1, 0.15) is 42.1 Å². The van der Waals surface area contributed by atoms with Crippen LogP contribution in [0.3, 0.4) is 0 Å². The Labute approximate surface area is 189 Å². The minimum absolute atomic E-state index is 0.313. The van der Waals surface area contributed by atoms with Gasteiger partial charge in [-0.15, -0.1) is 0 Å². The lowest BCUT2D eigenvalue weighted by Crippen LogP contribution is -2.01. The quantitative estimate of drug-likeness (QED) is 0.435. The molecule has 1 N–H and O–H groups in total. The second kappa shape index (κ2) is 9.73. The molecule has 4 nitrogen and oxygen atoms in total. The van der Waals surface area contributed by atoms with Crippen molar-refractivity contribution in [2.45, 2.75) is 32.6 Å². The third kappa shape index (κ3) is 4.54. The van der Waals surface area contributed by atoms with Gasteiger partial charge in [0, 0.05) is 18.0 Å². The Hall–Kier alpha value is -3.53. The van der Waals surface area contributed by atoms with Gasteiger partial charge >= 0.3 is 5.97 Å². The van der Waals surface area contributed by atoms with Gasteiger partial charge in [-0.1, -0.05) is 49.8 Å². The third-order valence-electron chi connectivity index (χ3n) is 5.96. The summed E-state index contributed by atoms with van der Waals surface area (Å²) in [4.78, 5) is 11.5. The van der Waals surface area contributed by atoms with Gasteiger partial charge in [0.05, 0.1) is 11.3 Å². The van der Waals surface area contributed by atoms with E-state index in [2.05, 4.69) is 41.9 Å². The third-order valence-corrected chi connectivity index (χ3v) is 5.96. The molecule has 0 atom stereocenters. The molecule has 164 valence electrons. The number of aromatic carboxylic acids is 1. The molecule has 0 spiro atoms. The zero-order chi connectivity index (χ0) is 22.5. The lowest BCUT2D eigenvalue weighted by atomic mass is 10.00. The maximum absolute atomic E-state index is 11.5. The fraction of sp³-hybridized carbons (Fsp3) is 0.250. The minimum atomic E-state index is -0.902. The van der Waals surface area contributed by atoms with E-state index in [0.29, 0.717) is 12.2 Å². The lowest BCUT2D eigenvalue weighted by molar-refractivity contribution is 0.0697. The van der Waals surface area contributed by atoms with Gasteiger partial charge in [-0.25, -0.2) is 4.79 Å². The second-order valence-electron chi connectivity index (χ2n) is 8.18. The number of hydrogen-bond donors (Lipinski definition) is 1. The van der Waals surface area contributed by atoms with Gasteiger partial charge in [-0.05, 0) is 72.4 Å². The van der Waals surface area contributed by atoms with Crippen LogP contribution in [0.2, 0.25) is 0 Å². The average molecular weight is 428 g/mol. The van der Waals surface area contributed by atoms with Gasteiger partial charge in [-0.3, -0.25) is 0 Å². The number of aryl methyl sites for hydroxylation is 2. The molecule has 0 saturated carbocycles. The van der Waals surface area contributed by atoms with Crippen molar-refractivity contribution in [1.29, 1.82) is 0 Å². The molecular formula is C28H29NO3. The van der Waals surface area contributed by atoms with Crippen molar-refractivity contribution in [1.82, 2.24) is 4.57 Å². The Morgan fingerprint density at radius 2 is 1.91 bits per heavy atom. The number of carboxylic acid groups (broad SMARTS) is 1. The van der Waals surface area contributed by atoms with E-state index in [9.17, 15) is 9.90 Å². The van der Waals surface area contributed by atoms with E-state index >= 15 is 0 Å². The van der Waals surface area contributed by atoms with Crippen molar-refractivity contribution in [2.24, 2.45) is 7.05 Å². The van der Waals surface area contributed by atoms with Crippen molar-refractivity contribution >= 4 is 16.9 Å². The van der Waals surface area contributed by atoms with Crippen molar-refractivity contribution in [3.05, 3.63) is 89.5 Å². The highest BCUT2D eigenvalue weighted by Gasteiger charge is 2.18. The molecule has 32 heavy (non-hydrogen) atoms. The molecule has 1 aliphatic carbocycles. The summed E-state index contributed by atoms with van der Waals surface area (Å²) in [7, 11) is 2.02. The zero-order valence-electron chi connectivity index (χ0n) is 18.7. The van der Waals surface area contributed by atoms with E-state index in [0.717, 1.165) is 53.6 Å². The zero-order valence-corrected chi connectivity index (χ0v) is 18.7. The molecule has 0 radical (unpaired) electrons. The summed E-state index contributed by atoms with van der Waals surface area (Å²) in [5.41, 5.74) is 6.03. The smallest absolute Gasteiger partial charge is 0.335 e. The highest BCUT2D eigenvalue weighted by Crippen LogP contribution is 2.35. The van der Waals surface area contributed by atoms with E-state index in [-0.39, 0.29) is 0 Å². The topological polar surface area (TPSA) is 51.5 Å². The molecule has 1 aromatic heterocycles. The van der Waals surface area contributed by atoms with Crippen LogP contribution in [-0.4, -0.2) is 22.2 Å². The average Bonchev–Trinajstić information content (AvgIpc) is 2.95. The van der Waals surface area contributed by atoms with Crippen molar-refractivity contribution in [2.75, 3.05) is 6.61 Å². The first kappa shape index (κ1) is 21.7. The van der Waals surface area contributed by atoms with Gasteiger partial charge in [0.15, 0.2) is 0 Å². The Kier molecular flexibility index (Phi) is 6.60. The predicted octanol–water partition coefficient (Wildman–Crippen LogP) is 6.71. The summed E-state index contributed by atoms with van der Waals surface area (Å²) in [5.74, 6) is -0.0603. The number of rotatable bonds is 8. The first-order valence-corrected chi connectivity index (χ1v) is 11.2. The number of ether oxygens (including phenoxy) is 1. The number of fused-ring (bicyclic) bond motifs is 1. The number of nitrogens with zero attached hydrogens (tertiary/aromatic N) is 1. The van der Waals surface area contributed by atoms with Gasteiger partial charge in [0.2, 0.25) is 0 Å². The first-order valence-electron chi connectivity index (χ1n) is 11.2. The molecule has 0 bridgehead atoms. The van der Waals surface area contributed by atoms with E-state index in [1.165, 1.54) is 11.1 Å². The molecule has 3 aromatic rings. The number of allylic oxidation sites excluding steroid dienone is 5. The van der Waals surface area contributed by atoms with E-state index in [4.69, 9.17) is 4.74 Å². The number of carbonyl (C=O) groups is 1. The molecule has 0 unspecified atom stereocenters. The highest BCUT2D eigenvalue weighted by molar-refractivity contribution is 5.97. The second-order valence-corrected chi connectivity index (χ2v) is 8.18. The minimum Gasteiger partial charge on any atom is -0.489 e. The standard InChI is InChI=1S/C28H29NO3/c1-3-4-11-25-24-17-14-22(28(30)31)18-26(24)29(2)27(25)21-12-15-23(16-13-21)32-19-20-9-7-5-6-8-10-20/h5-9,12-18H,3-4,10-11,19H2,1-2H3,(H,30,31). The molecule has 0 amide bonds. The van der Waals surface area contributed by atoms with Crippen LogP contribution >= 0.6 is 0 Å². The lowest BCUT2D eigenvalue weighted by Gasteiger charge is -2.11. The maximum atomic E-state index is 11.5. The van der Waals surface area contributed by atoms with Crippen LogP contribution < -0.4 is 4.74 Å². The highest BCUT2D eigenvalue weighted by atomic mass is 16.5. The summed E-state index contributed by atoms with van der Waals surface area (Å²) in [6.45, 7) is 2.76. The van der Waals surface area contributed by atoms with Gasteiger partial charge in [-0.2, -0.15) is 0 Å². The van der Waals surface area contributed by atoms with Crippen LogP contribution in [-0.2, 0) is 13.5 Å². The molecule has 4 rings (SSSR count). The van der Waals surface area contributed by atoms with Gasteiger partial charge in [0.1, 0.15) is 12.4 Å². The van der Waals surface area contributed by atoms with Crippen molar-refractivity contribution < 1.29 is 14.6 Å². The summed E-state index contributed by atoms with van der Waals surface area (Å²) >= 11 is 0. The van der Waals surface area contributed by atoms with Crippen molar-refractivity contribution in [3.8, 4) is 17.0 Å². The summed E-state index contributed by atoms with van der Waals surface area (Å²) in [6.07, 6.45) is 14.4. The van der Waals surface area contributed by atoms with Gasteiger partial charge in [0.25, 0.3) is 0 Å². The molecule has 0 fully saturated rings. The number of unbranched alkanes of at least 4 members (excludes halogenated alkanes) is 1. The molecule has 1 heterocycles. The van der Waals surface area contributed by atoms with E-state index in [1.807, 2.05) is 37.4 Å². The maximum Gasteiger partial charge on any atom is 0.335 e. The SMILES string of the molecule is CCCCc1c(-c2ccc(OCC3=CC=CC=CC3)cc2)n(C)c2cc(C(=O)O)ccc12. The monoisotopic (exact) mass is 427 g/mol. The van der Waals surface area contributed by atoms with Crippen LogP contribution in [0.4, 0.5) is 0 Å². The van der Waals surface area contributed by atoms with Crippen LogP contribution in [0.5, 0.6) is 5.75 Å². The molecule has 2 aromatic carbocycles. The molecular weight excluding hydrogens is 398 g/mol. The molecule has 4 heteroatoms. The fourth-order valence-corrected chi connectivity index (χ4v) is 4.24. The van der Waals surface area contributed by atoms with E-state index in [1.54, 1.807) is 12.1 Å². The molecule has 0 aliphatic heterocycles. The molecule has 1 aliphatic rings. The first-order chi connectivity index (χ1) is 15.6. The normalized spacial score (nSPS) is 13.2. The van der Waals surface area contributed by atoms with Crippen LogP contribution in [0, 0.1) is 0 Å². The largest absolute Gasteiger partial charge is 0.489 e. The Morgan fingerprint density at radius 1 is 1.09 bits per heavy atom. The Morgan fingerprint density at radius 3 is 2.66 bits per heavy atom. The van der Waals surface area contributed by atoms with Crippen molar-refractivity contribution in [3.63, 3.8) is 0 Å². The molecule has 0 saturated heterocycles. The number of benzene rings is 2. The number of hydrogen-bond acceptors (Lipinski definition) is 2. The number of aromatic nitrogens is 1. The van der Waals surface area contributed by atoms with Crippen LogP contribution in [0.25, 0.3) is 22.2 Å². The summed E-state index contributed by atoms with van der Waals surface area (Å²) in [6, 6.07) is 13.7. The summed E-state index contributed by atoms with van der Waals surface area (Å²) < 4.78 is 8.13. The van der Waals surface area contributed by atoms with Gasteiger partial charge < -0.3 is 14.4 Å². The Bertz CT molecular complexity index is 1210.